The van der Waals surface area contributed by atoms with E-state index in [0.29, 0.717) is 0 Å². The summed E-state index contributed by atoms with van der Waals surface area (Å²) in [5.74, 6) is 0.825. The van der Waals surface area contributed by atoms with Gasteiger partial charge in [-0.25, -0.2) is 4.98 Å². The second-order valence-electron chi connectivity index (χ2n) is 4.17. The molecule has 3 aromatic rings. The van der Waals surface area contributed by atoms with Crippen molar-refractivity contribution in [2.75, 3.05) is 5.73 Å². The number of nitrogens with two attached hydrogens (primary N) is 1. The second-order valence-corrected chi connectivity index (χ2v) is 5.93. The number of nitrogens with one attached hydrogen (secondary N) is 1. The van der Waals surface area contributed by atoms with Crippen LogP contribution in [0.1, 0.15) is 5.56 Å². The van der Waals surface area contributed by atoms with Gasteiger partial charge in [0, 0.05) is 15.9 Å². The van der Waals surface area contributed by atoms with E-state index in [9.17, 15) is 0 Å². The van der Waals surface area contributed by atoms with Crippen LogP contribution in [-0.4, -0.2) is 9.97 Å². The van der Waals surface area contributed by atoms with Gasteiger partial charge >= 0.3 is 0 Å². The van der Waals surface area contributed by atoms with Gasteiger partial charge in [0.2, 0.25) is 0 Å². The van der Waals surface area contributed by atoms with E-state index in [1.165, 1.54) is 5.56 Å². The van der Waals surface area contributed by atoms with E-state index >= 15 is 0 Å². The molecule has 0 amide bonds. The van der Waals surface area contributed by atoms with Gasteiger partial charge in [0.25, 0.3) is 0 Å². The Morgan fingerprint density at radius 1 is 1.16 bits per heavy atom. The molecule has 0 unspecified atom stereocenters. The number of H-pyrrole nitrogens is 1. The predicted octanol–water partition coefficient (Wildman–Crippen LogP) is 4.20. The molecule has 2 aromatic carbocycles. The molecule has 3 N–H and O–H groups in total. The Hall–Kier alpha value is -1.46. The molecule has 0 spiro atoms. The van der Waals surface area contributed by atoms with Gasteiger partial charge in [-0.3, -0.25) is 0 Å². The zero-order chi connectivity index (χ0) is 13.2. The Labute approximate surface area is 123 Å². The highest BCUT2D eigenvalue weighted by Crippen LogP contribution is 2.29. The number of aromatic amines is 1. The molecule has 1 aromatic heterocycles. The van der Waals surface area contributed by atoms with E-state index in [0.717, 1.165) is 32.1 Å². The number of rotatable bonds is 3. The summed E-state index contributed by atoms with van der Waals surface area (Å²) in [6.07, 6.45) is 0. The van der Waals surface area contributed by atoms with Crippen LogP contribution in [0.3, 0.4) is 0 Å². The molecule has 96 valence electrons. The summed E-state index contributed by atoms with van der Waals surface area (Å²) in [6.45, 7) is 0. The number of aromatic nitrogens is 2. The number of nitrogen functional groups attached to an aromatic ring is 1. The molecule has 0 aliphatic rings. The van der Waals surface area contributed by atoms with Gasteiger partial charge in [-0.2, -0.15) is 0 Å². The van der Waals surface area contributed by atoms with Crippen molar-refractivity contribution in [2.45, 2.75) is 10.9 Å². The van der Waals surface area contributed by atoms with Gasteiger partial charge in [0.05, 0.1) is 11.0 Å². The first-order valence-corrected chi connectivity index (χ1v) is 7.62. The minimum Gasteiger partial charge on any atom is -0.398 e. The van der Waals surface area contributed by atoms with Crippen LogP contribution in [0.5, 0.6) is 0 Å². The van der Waals surface area contributed by atoms with Crippen molar-refractivity contribution < 1.29 is 0 Å². The zero-order valence-electron chi connectivity index (χ0n) is 10.1. The fraction of sp³-hybridized carbons (Fsp3) is 0.0714. The Morgan fingerprint density at radius 3 is 2.84 bits per heavy atom. The fourth-order valence-electron chi connectivity index (χ4n) is 1.85. The molecule has 0 aliphatic heterocycles. The molecule has 0 bridgehead atoms. The van der Waals surface area contributed by atoms with E-state index in [4.69, 9.17) is 5.73 Å². The predicted molar refractivity (Wildman–Crippen MR) is 84.2 cm³/mol. The molecule has 3 rings (SSSR count). The standard InChI is InChI=1S/C14H12BrN3S/c15-13-9(4-3-5-10(13)16)8-19-14-17-11-6-1-2-7-12(11)18-14/h1-7H,8,16H2,(H,17,18). The second kappa shape index (κ2) is 5.27. The summed E-state index contributed by atoms with van der Waals surface area (Å²) in [5, 5.41) is 0.926. The first-order valence-electron chi connectivity index (χ1n) is 5.84. The maximum absolute atomic E-state index is 5.87. The number of hydrogen-bond acceptors (Lipinski definition) is 3. The Kier molecular flexibility index (Phi) is 3.48. The highest BCUT2D eigenvalue weighted by atomic mass is 79.9. The van der Waals surface area contributed by atoms with Crippen LogP contribution in [0.2, 0.25) is 0 Å². The maximum atomic E-state index is 5.87. The average molecular weight is 334 g/mol. The smallest absolute Gasteiger partial charge is 0.166 e. The Bertz CT molecular complexity index is 691. The molecule has 0 aliphatic carbocycles. The van der Waals surface area contributed by atoms with Crippen molar-refractivity contribution in [3.63, 3.8) is 0 Å². The van der Waals surface area contributed by atoms with Crippen molar-refractivity contribution in [1.82, 2.24) is 9.97 Å². The lowest BCUT2D eigenvalue weighted by Gasteiger charge is -2.05. The summed E-state index contributed by atoms with van der Waals surface area (Å²) in [4.78, 5) is 7.85. The number of fused-ring (bicyclic) bond motifs is 1. The average Bonchev–Trinajstić information content (AvgIpc) is 2.83. The van der Waals surface area contributed by atoms with Gasteiger partial charge in [-0.05, 0) is 39.7 Å². The number of hydrogen-bond donors (Lipinski definition) is 2. The summed E-state index contributed by atoms with van der Waals surface area (Å²) in [7, 11) is 0. The summed E-state index contributed by atoms with van der Waals surface area (Å²) < 4.78 is 0.971. The van der Waals surface area contributed by atoms with E-state index < -0.39 is 0 Å². The molecule has 5 heteroatoms. The first kappa shape index (κ1) is 12.6. The van der Waals surface area contributed by atoms with Crippen LogP contribution in [0.15, 0.2) is 52.1 Å². The lowest BCUT2D eigenvalue weighted by atomic mass is 10.2. The third-order valence-corrected chi connectivity index (χ3v) is 4.73. The third-order valence-electron chi connectivity index (χ3n) is 2.84. The lowest BCUT2D eigenvalue weighted by molar-refractivity contribution is 1.08. The minimum atomic E-state index is 0.766. The Morgan fingerprint density at radius 2 is 2.00 bits per heavy atom. The largest absolute Gasteiger partial charge is 0.398 e. The van der Waals surface area contributed by atoms with Gasteiger partial charge in [0.15, 0.2) is 5.16 Å². The highest BCUT2D eigenvalue weighted by molar-refractivity contribution is 9.10. The van der Waals surface area contributed by atoms with Gasteiger partial charge in [-0.15, -0.1) is 0 Å². The number of imidazole rings is 1. The van der Waals surface area contributed by atoms with Crippen LogP contribution < -0.4 is 5.73 Å². The molecular weight excluding hydrogens is 322 g/mol. The van der Waals surface area contributed by atoms with Crippen molar-refractivity contribution in [3.05, 3.63) is 52.5 Å². The fourth-order valence-corrected chi connectivity index (χ4v) is 3.32. The molecule has 0 atom stereocenters. The molecule has 1 heterocycles. The number of para-hydroxylation sites is 2. The summed E-state index contributed by atoms with van der Waals surface area (Å²) >= 11 is 5.19. The van der Waals surface area contributed by atoms with Crippen molar-refractivity contribution >= 4 is 44.4 Å². The van der Waals surface area contributed by atoms with Gasteiger partial charge in [0.1, 0.15) is 0 Å². The summed E-state index contributed by atoms with van der Waals surface area (Å²) in [5.41, 5.74) is 9.87. The third kappa shape index (κ3) is 2.62. The molecule has 3 nitrogen and oxygen atoms in total. The monoisotopic (exact) mass is 333 g/mol. The summed E-state index contributed by atoms with van der Waals surface area (Å²) in [6, 6.07) is 14.0. The number of nitrogens with zero attached hydrogens (tertiary/aromatic N) is 1. The van der Waals surface area contributed by atoms with Crippen molar-refractivity contribution in [2.24, 2.45) is 0 Å². The van der Waals surface area contributed by atoms with Crippen molar-refractivity contribution in [3.8, 4) is 0 Å². The molecule has 0 fully saturated rings. The zero-order valence-corrected chi connectivity index (χ0v) is 12.5. The number of halogens is 1. The normalized spacial score (nSPS) is 11.0. The van der Waals surface area contributed by atoms with Crippen LogP contribution in [0, 0.1) is 0 Å². The molecule has 19 heavy (non-hydrogen) atoms. The molecule has 0 saturated heterocycles. The maximum Gasteiger partial charge on any atom is 0.166 e. The Balaban J connectivity index is 1.80. The van der Waals surface area contributed by atoms with Crippen molar-refractivity contribution in [1.29, 1.82) is 0 Å². The van der Waals surface area contributed by atoms with E-state index in [1.807, 2.05) is 36.4 Å². The van der Waals surface area contributed by atoms with Crippen LogP contribution >= 0.6 is 27.7 Å². The molecular formula is C14H12BrN3S. The van der Waals surface area contributed by atoms with Crippen LogP contribution in [0.25, 0.3) is 11.0 Å². The SMILES string of the molecule is Nc1cccc(CSc2nc3ccccc3[nH]2)c1Br. The van der Waals surface area contributed by atoms with E-state index in [1.54, 1.807) is 11.8 Å². The van der Waals surface area contributed by atoms with Gasteiger partial charge < -0.3 is 10.7 Å². The minimum absolute atomic E-state index is 0.766. The molecule has 0 saturated carbocycles. The first-order chi connectivity index (χ1) is 9.24. The number of thioether (sulfide) groups is 1. The highest BCUT2D eigenvalue weighted by Gasteiger charge is 2.06. The number of anilines is 1. The van der Waals surface area contributed by atoms with Crippen LogP contribution in [0.4, 0.5) is 5.69 Å². The molecule has 0 radical (unpaired) electrons. The van der Waals surface area contributed by atoms with Crippen LogP contribution in [-0.2, 0) is 5.75 Å². The van der Waals surface area contributed by atoms with Gasteiger partial charge in [-0.1, -0.05) is 36.0 Å². The van der Waals surface area contributed by atoms with E-state index in [-0.39, 0.29) is 0 Å². The quantitative estimate of drug-likeness (QED) is 0.557. The number of benzene rings is 2. The van der Waals surface area contributed by atoms with E-state index in [2.05, 4.69) is 32.0 Å². The lowest BCUT2D eigenvalue weighted by Crippen LogP contribution is -1.91. The topological polar surface area (TPSA) is 54.7 Å².